The predicted molar refractivity (Wildman–Crippen MR) is 98.1 cm³/mol. The van der Waals surface area contributed by atoms with Crippen LogP contribution in [0.25, 0.3) is 0 Å². The quantitative estimate of drug-likeness (QED) is 0.823. The van der Waals surface area contributed by atoms with Gasteiger partial charge in [-0.1, -0.05) is 29.8 Å². The first-order chi connectivity index (χ1) is 11.9. The average Bonchev–Trinajstić information content (AvgIpc) is 2.58. The summed E-state index contributed by atoms with van der Waals surface area (Å²) in [6.07, 6.45) is 0. The second-order valence-electron chi connectivity index (χ2n) is 6.05. The Hall–Kier alpha value is -2.37. The van der Waals surface area contributed by atoms with E-state index < -0.39 is 5.97 Å². The van der Waals surface area contributed by atoms with Crippen LogP contribution in [0.4, 0.5) is 0 Å². The summed E-state index contributed by atoms with van der Waals surface area (Å²) in [4.78, 5) is 27.7. The van der Waals surface area contributed by atoms with E-state index >= 15 is 0 Å². The van der Waals surface area contributed by atoms with Crippen LogP contribution in [-0.2, 0) is 6.54 Å². The Balaban J connectivity index is 2.25. The number of nitrogens with zero attached hydrogens (tertiary/aromatic N) is 2. The number of hydrogen-bond donors (Lipinski definition) is 1. The van der Waals surface area contributed by atoms with Crippen LogP contribution in [-0.4, -0.2) is 54.0 Å². The zero-order valence-corrected chi connectivity index (χ0v) is 15.0. The Morgan fingerprint density at radius 1 is 1.00 bits per heavy atom. The topological polar surface area (TPSA) is 60.9 Å². The normalized spacial score (nSPS) is 10.7. The van der Waals surface area contributed by atoms with Gasteiger partial charge in [-0.3, -0.25) is 4.79 Å². The first-order valence-electron chi connectivity index (χ1n) is 7.88. The number of benzene rings is 2. The third-order valence-corrected chi connectivity index (χ3v) is 3.96. The fraction of sp³-hybridized carbons (Fsp3) is 0.263. The molecule has 0 saturated heterocycles. The third kappa shape index (κ3) is 5.59. The van der Waals surface area contributed by atoms with Gasteiger partial charge in [0, 0.05) is 30.2 Å². The largest absolute Gasteiger partial charge is 0.478 e. The van der Waals surface area contributed by atoms with Crippen molar-refractivity contribution >= 4 is 23.5 Å². The van der Waals surface area contributed by atoms with Gasteiger partial charge in [0.15, 0.2) is 0 Å². The minimum Gasteiger partial charge on any atom is -0.478 e. The van der Waals surface area contributed by atoms with E-state index in [1.807, 2.05) is 37.2 Å². The fourth-order valence-corrected chi connectivity index (χ4v) is 2.61. The maximum absolute atomic E-state index is 12.9. The second kappa shape index (κ2) is 8.65. The molecule has 0 atom stereocenters. The van der Waals surface area contributed by atoms with Crippen LogP contribution in [0.15, 0.2) is 48.5 Å². The molecule has 0 spiro atoms. The molecule has 0 unspecified atom stereocenters. The molecule has 0 heterocycles. The average molecular weight is 361 g/mol. The van der Waals surface area contributed by atoms with Crippen molar-refractivity contribution in [2.24, 2.45) is 0 Å². The summed E-state index contributed by atoms with van der Waals surface area (Å²) < 4.78 is 0. The SMILES string of the molecule is CN(C)CCN(Cc1cccc(Cl)c1)C(=O)c1cccc(C(=O)O)c1. The number of rotatable bonds is 7. The lowest BCUT2D eigenvalue weighted by Gasteiger charge is -2.25. The molecule has 132 valence electrons. The van der Waals surface area contributed by atoms with Gasteiger partial charge in [0.1, 0.15) is 0 Å². The number of carbonyl (C=O) groups is 2. The summed E-state index contributed by atoms with van der Waals surface area (Å²) in [7, 11) is 3.88. The van der Waals surface area contributed by atoms with Crippen LogP contribution in [0.1, 0.15) is 26.3 Å². The van der Waals surface area contributed by atoms with E-state index in [0.717, 1.165) is 5.56 Å². The van der Waals surface area contributed by atoms with Crippen molar-refractivity contribution in [1.82, 2.24) is 9.80 Å². The molecule has 25 heavy (non-hydrogen) atoms. The molecule has 6 heteroatoms. The Morgan fingerprint density at radius 3 is 2.32 bits per heavy atom. The molecular weight excluding hydrogens is 340 g/mol. The number of amides is 1. The molecule has 0 aliphatic carbocycles. The van der Waals surface area contributed by atoms with E-state index in [1.165, 1.54) is 12.1 Å². The standard InChI is InChI=1S/C19H21ClN2O3/c1-21(2)9-10-22(13-14-5-3-8-17(20)11-14)18(23)15-6-4-7-16(12-15)19(24)25/h3-8,11-12H,9-10,13H2,1-2H3,(H,24,25). The summed E-state index contributed by atoms with van der Waals surface area (Å²) in [6.45, 7) is 1.63. The van der Waals surface area contributed by atoms with Crippen LogP contribution in [0.5, 0.6) is 0 Å². The lowest BCUT2D eigenvalue weighted by atomic mass is 10.1. The van der Waals surface area contributed by atoms with Gasteiger partial charge in [-0.05, 0) is 50.0 Å². The predicted octanol–water partition coefficient (Wildman–Crippen LogP) is 3.24. The maximum Gasteiger partial charge on any atom is 0.335 e. The number of carbonyl (C=O) groups excluding carboxylic acids is 1. The first kappa shape index (κ1) is 19.0. The third-order valence-electron chi connectivity index (χ3n) is 3.72. The smallest absolute Gasteiger partial charge is 0.335 e. The van der Waals surface area contributed by atoms with Crippen molar-refractivity contribution in [2.45, 2.75) is 6.54 Å². The highest BCUT2D eigenvalue weighted by molar-refractivity contribution is 6.30. The van der Waals surface area contributed by atoms with Crippen molar-refractivity contribution in [2.75, 3.05) is 27.2 Å². The highest BCUT2D eigenvalue weighted by Crippen LogP contribution is 2.15. The fourth-order valence-electron chi connectivity index (χ4n) is 2.40. The zero-order valence-electron chi connectivity index (χ0n) is 14.3. The van der Waals surface area contributed by atoms with E-state index in [9.17, 15) is 9.59 Å². The lowest BCUT2D eigenvalue weighted by molar-refractivity contribution is 0.0697. The molecule has 5 nitrogen and oxygen atoms in total. The molecule has 0 fully saturated rings. The van der Waals surface area contributed by atoms with Crippen LogP contribution >= 0.6 is 11.6 Å². The van der Waals surface area contributed by atoms with E-state index in [2.05, 4.69) is 0 Å². The monoisotopic (exact) mass is 360 g/mol. The molecule has 0 saturated carbocycles. The Labute approximate surface area is 152 Å². The van der Waals surface area contributed by atoms with Crippen molar-refractivity contribution in [1.29, 1.82) is 0 Å². The van der Waals surface area contributed by atoms with E-state index in [4.69, 9.17) is 16.7 Å². The van der Waals surface area contributed by atoms with Gasteiger partial charge in [0.2, 0.25) is 0 Å². The Morgan fingerprint density at radius 2 is 1.68 bits per heavy atom. The summed E-state index contributed by atoms with van der Waals surface area (Å²) in [5.74, 6) is -1.26. The number of carboxylic acids is 1. The van der Waals surface area contributed by atoms with Crippen molar-refractivity contribution < 1.29 is 14.7 Å². The van der Waals surface area contributed by atoms with Crippen molar-refractivity contribution in [3.05, 3.63) is 70.2 Å². The second-order valence-corrected chi connectivity index (χ2v) is 6.48. The number of hydrogen-bond acceptors (Lipinski definition) is 3. The summed E-state index contributed by atoms with van der Waals surface area (Å²) in [5, 5.41) is 9.74. The van der Waals surface area contributed by atoms with Gasteiger partial charge in [-0.25, -0.2) is 4.79 Å². The van der Waals surface area contributed by atoms with Crippen LogP contribution in [0, 0.1) is 0 Å². The Kier molecular flexibility index (Phi) is 6.56. The molecule has 0 aromatic heterocycles. The van der Waals surface area contributed by atoms with Crippen molar-refractivity contribution in [3.8, 4) is 0 Å². The number of likely N-dealkylation sites (N-methyl/N-ethyl adjacent to an activating group) is 1. The minimum absolute atomic E-state index is 0.0983. The molecule has 2 aromatic rings. The minimum atomic E-state index is -1.05. The van der Waals surface area contributed by atoms with Crippen LogP contribution in [0.3, 0.4) is 0 Å². The van der Waals surface area contributed by atoms with Crippen LogP contribution < -0.4 is 0 Å². The highest BCUT2D eigenvalue weighted by Gasteiger charge is 2.18. The van der Waals surface area contributed by atoms with Gasteiger partial charge >= 0.3 is 5.97 Å². The zero-order chi connectivity index (χ0) is 18.4. The number of halogens is 1. The highest BCUT2D eigenvalue weighted by atomic mass is 35.5. The van der Waals surface area contributed by atoms with E-state index in [-0.39, 0.29) is 11.5 Å². The van der Waals surface area contributed by atoms with Gasteiger partial charge in [-0.2, -0.15) is 0 Å². The van der Waals surface area contributed by atoms with Gasteiger partial charge in [0.25, 0.3) is 5.91 Å². The molecule has 1 amide bonds. The van der Waals surface area contributed by atoms with E-state index in [0.29, 0.717) is 30.2 Å². The van der Waals surface area contributed by atoms with E-state index in [1.54, 1.807) is 23.1 Å². The van der Waals surface area contributed by atoms with Crippen molar-refractivity contribution in [3.63, 3.8) is 0 Å². The van der Waals surface area contributed by atoms with Gasteiger partial charge in [0.05, 0.1) is 5.56 Å². The molecule has 2 aromatic carbocycles. The maximum atomic E-state index is 12.9. The molecule has 1 N–H and O–H groups in total. The number of carboxylic acid groups (broad SMARTS) is 1. The summed E-state index contributed by atoms with van der Waals surface area (Å²) in [6, 6.07) is 13.5. The van der Waals surface area contributed by atoms with Crippen LogP contribution in [0.2, 0.25) is 5.02 Å². The Bertz CT molecular complexity index is 762. The summed E-state index contributed by atoms with van der Waals surface area (Å²) in [5.41, 5.74) is 1.39. The first-order valence-corrected chi connectivity index (χ1v) is 8.26. The van der Waals surface area contributed by atoms with Gasteiger partial charge < -0.3 is 14.9 Å². The molecule has 0 aliphatic heterocycles. The molecular formula is C19H21ClN2O3. The number of aromatic carboxylic acids is 1. The summed E-state index contributed by atoms with van der Waals surface area (Å²) >= 11 is 6.03. The molecule has 2 rings (SSSR count). The lowest BCUT2D eigenvalue weighted by Crippen LogP contribution is -2.36. The molecule has 0 radical (unpaired) electrons. The molecule has 0 bridgehead atoms. The molecule has 0 aliphatic rings. The van der Waals surface area contributed by atoms with Gasteiger partial charge in [-0.15, -0.1) is 0 Å².